The number of rotatable bonds is 4. The van der Waals surface area contributed by atoms with Crippen molar-refractivity contribution < 1.29 is 4.42 Å². The Morgan fingerprint density at radius 2 is 2.19 bits per heavy atom. The van der Waals surface area contributed by atoms with Crippen molar-refractivity contribution in [3.05, 3.63) is 68.4 Å². The van der Waals surface area contributed by atoms with Crippen LogP contribution in [0.3, 0.4) is 0 Å². The Labute approximate surface area is 171 Å². The van der Waals surface area contributed by atoms with Crippen LogP contribution in [-0.4, -0.2) is 13.9 Å². The van der Waals surface area contributed by atoms with E-state index in [4.69, 9.17) is 27.6 Å². The zero-order valence-electron chi connectivity index (χ0n) is 13.3. The van der Waals surface area contributed by atoms with Crippen LogP contribution in [0.15, 0.2) is 55.2 Å². The molecular weight excluding hydrogens is 427 g/mol. The van der Waals surface area contributed by atoms with Crippen LogP contribution in [0.1, 0.15) is 11.3 Å². The number of benzene rings is 1. The fourth-order valence-electron chi connectivity index (χ4n) is 2.45. The van der Waals surface area contributed by atoms with Crippen LogP contribution in [0.4, 0.5) is 0 Å². The molecule has 0 spiro atoms. The summed E-state index contributed by atoms with van der Waals surface area (Å²) in [6.07, 6.45) is 1.54. The second-order valence-electron chi connectivity index (χ2n) is 5.38. The Balaban J connectivity index is 1.90. The molecule has 4 rings (SSSR count). The number of hydrogen-bond acceptors (Lipinski definition) is 7. The van der Waals surface area contributed by atoms with Crippen molar-refractivity contribution in [2.75, 3.05) is 0 Å². The highest BCUT2D eigenvalue weighted by Crippen LogP contribution is 2.36. The summed E-state index contributed by atoms with van der Waals surface area (Å²) in [4.78, 5) is 17.6. The summed E-state index contributed by atoms with van der Waals surface area (Å²) in [6, 6.07) is 10.5. The topological polar surface area (TPSA) is 84.7 Å². The summed E-state index contributed by atoms with van der Waals surface area (Å²) in [5.41, 5.74) is 0.501. The minimum atomic E-state index is -0.232. The monoisotopic (exact) mass is 434 g/mol. The van der Waals surface area contributed by atoms with Gasteiger partial charge in [0.05, 0.1) is 23.7 Å². The van der Waals surface area contributed by atoms with Gasteiger partial charge < -0.3 is 4.42 Å². The van der Waals surface area contributed by atoms with E-state index < -0.39 is 0 Å². The molecule has 0 N–H and O–H groups in total. The van der Waals surface area contributed by atoms with Gasteiger partial charge in [-0.25, -0.2) is 4.98 Å². The average Bonchev–Trinajstić information content (AvgIpc) is 3.27. The number of hydrogen-bond donors (Lipinski definition) is 0. The van der Waals surface area contributed by atoms with Gasteiger partial charge in [-0.05, 0) is 53.6 Å². The van der Waals surface area contributed by atoms with Crippen molar-refractivity contribution in [3.8, 4) is 6.07 Å². The van der Waals surface area contributed by atoms with Gasteiger partial charge in [0, 0.05) is 5.02 Å². The van der Waals surface area contributed by atoms with E-state index >= 15 is 0 Å². The number of aromatic nitrogens is 3. The van der Waals surface area contributed by atoms with Crippen LogP contribution in [0.2, 0.25) is 10.2 Å². The molecule has 0 unspecified atom stereocenters. The van der Waals surface area contributed by atoms with Crippen LogP contribution in [0.5, 0.6) is 0 Å². The molecule has 0 saturated carbocycles. The van der Waals surface area contributed by atoms with Crippen LogP contribution < -0.4 is 5.56 Å². The van der Waals surface area contributed by atoms with Gasteiger partial charge in [-0.3, -0.25) is 9.36 Å². The standard InChI is InChI=1S/C17H8Cl2N4O2S2/c18-9-3-4-11-13(6-9)21-17(26-16-12(7-20)14(19)22-27-16)23(15(11)24)8-10-2-1-5-25-10/h1-6H,8H2. The molecule has 1 aromatic carbocycles. The van der Waals surface area contributed by atoms with Crippen molar-refractivity contribution in [1.29, 1.82) is 5.26 Å². The molecule has 0 aliphatic heterocycles. The van der Waals surface area contributed by atoms with E-state index in [2.05, 4.69) is 9.36 Å². The molecule has 0 atom stereocenters. The van der Waals surface area contributed by atoms with Crippen molar-refractivity contribution in [2.45, 2.75) is 15.9 Å². The first-order valence-corrected chi connectivity index (χ1v) is 9.87. The van der Waals surface area contributed by atoms with E-state index in [1.165, 1.54) is 10.8 Å². The average molecular weight is 435 g/mol. The number of fused-ring (bicyclic) bond motifs is 1. The number of nitriles is 1. The fraction of sp³-hybridized carbons (Fsp3) is 0.0588. The third-order valence-electron chi connectivity index (χ3n) is 3.69. The van der Waals surface area contributed by atoms with Crippen LogP contribution in [0, 0.1) is 11.3 Å². The maximum absolute atomic E-state index is 13.1. The summed E-state index contributed by atoms with van der Waals surface area (Å²) in [7, 11) is 0. The molecule has 0 amide bonds. The van der Waals surface area contributed by atoms with Crippen molar-refractivity contribution in [1.82, 2.24) is 13.9 Å². The molecule has 0 aliphatic carbocycles. The number of nitrogens with zero attached hydrogens (tertiary/aromatic N) is 4. The molecule has 0 fully saturated rings. The van der Waals surface area contributed by atoms with Gasteiger partial charge in [-0.1, -0.05) is 23.2 Å². The second-order valence-corrected chi connectivity index (χ2v) is 8.18. The van der Waals surface area contributed by atoms with Gasteiger partial charge in [-0.15, -0.1) is 0 Å². The molecular formula is C17H8Cl2N4O2S2. The molecule has 0 bridgehead atoms. The molecule has 3 aromatic heterocycles. The van der Waals surface area contributed by atoms with Gasteiger partial charge in [0.25, 0.3) is 5.56 Å². The van der Waals surface area contributed by atoms with Crippen molar-refractivity contribution >= 4 is 57.4 Å². The van der Waals surface area contributed by atoms with Crippen LogP contribution in [0.25, 0.3) is 10.9 Å². The quantitative estimate of drug-likeness (QED) is 0.427. The zero-order valence-corrected chi connectivity index (χ0v) is 16.5. The maximum atomic E-state index is 13.1. The largest absolute Gasteiger partial charge is 0.467 e. The minimum Gasteiger partial charge on any atom is -0.467 e. The second kappa shape index (κ2) is 7.37. The Morgan fingerprint density at radius 1 is 1.33 bits per heavy atom. The fourth-order valence-corrected chi connectivity index (χ4v) is 4.75. The highest BCUT2D eigenvalue weighted by molar-refractivity contribution is 8.01. The molecule has 134 valence electrons. The molecule has 0 saturated heterocycles. The SMILES string of the molecule is N#Cc1c(Cl)nsc1Sc1nc2cc(Cl)ccc2c(=O)n1Cc1ccco1. The summed E-state index contributed by atoms with van der Waals surface area (Å²) in [5, 5.41) is 10.7. The molecule has 3 heterocycles. The summed E-state index contributed by atoms with van der Waals surface area (Å²) >= 11 is 14.2. The first-order valence-electron chi connectivity index (χ1n) is 7.52. The Bertz CT molecular complexity index is 1240. The maximum Gasteiger partial charge on any atom is 0.262 e. The predicted molar refractivity (Wildman–Crippen MR) is 105 cm³/mol. The molecule has 6 nitrogen and oxygen atoms in total. The van der Waals surface area contributed by atoms with E-state index in [-0.39, 0.29) is 22.8 Å². The van der Waals surface area contributed by atoms with Gasteiger partial charge in [0.15, 0.2) is 10.3 Å². The molecule has 0 aliphatic rings. The zero-order chi connectivity index (χ0) is 19.0. The Kier molecular flexibility index (Phi) is 4.93. The molecule has 4 aromatic rings. The first kappa shape index (κ1) is 18.1. The lowest BCUT2D eigenvalue weighted by molar-refractivity contribution is 0.476. The van der Waals surface area contributed by atoms with Gasteiger partial charge >= 0.3 is 0 Å². The molecule has 27 heavy (non-hydrogen) atoms. The normalized spacial score (nSPS) is 11.0. The third-order valence-corrected chi connectivity index (χ3v) is 6.30. The van der Waals surface area contributed by atoms with E-state index in [1.54, 1.807) is 30.3 Å². The Morgan fingerprint density at radius 3 is 2.93 bits per heavy atom. The van der Waals surface area contributed by atoms with Gasteiger partial charge in [-0.2, -0.15) is 9.64 Å². The lowest BCUT2D eigenvalue weighted by Gasteiger charge is -2.11. The number of furan rings is 1. The first-order chi connectivity index (χ1) is 13.1. The van der Waals surface area contributed by atoms with Gasteiger partial charge in [0.2, 0.25) is 0 Å². The summed E-state index contributed by atoms with van der Waals surface area (Å²) in [6.45, 7) is 0.203. The number of halogens is 2. The predicted octanol–water partition coefficient (Wildman–Crippen LogP) is 4.82. The third kappa shape index (κ3) is 3.47. The summed E-state index contributed by atoms with van der Waals surface area (Å²) < 4.78 is 11.4. The van der Waals surface area contributed by atoms with Crippen molar-refractivity contribution in [2.24, 2.45) is 0 Å². The van der Waals surface area contributed by atoms with Crippen LogP contribution in [-0.2, 0) is 6.54 Å². The van der Waals surface area contributed by atoms with E-state index in [9.17, 15) is 10.1 Å². The lowest BCUT2D eigenvalue weighted by atomic mass is 10.2. The molecule has 0 radical (unpaired) electrons. The van der Waals surface area contributed by atoms with Gasteiger partial charge in [0.1, 0.15) is 21.6 Å². The Hall–Kier alpha value is -2.31. The lowest BCUT2D eigenvalue weighted by Crippen LogP contribution is -2.23. The van der Waals surface area contributed by atoms with Crippen LogP contribution >= 0.6 is 46.5 Å². The van der Waals surface area contributed by atoms with E-state index in [0.717, 1.165) is 23.3 Å². The highest BCUT2D eigenvalue weighted by atomic mass is 35.5. The summed E-state index contributed by atoms with van der Waals surface area (Å²) in [5.74, 6) is 0.608. The highest BCUT2D eigenvalue weighted by Gasteiger charge is 2.19. The van der Waals surface area contributed by atoms with Crippen molar-refractivity contribution in [3.63, 3.8) is 0 Å². The molecule has 10 heteroatoms. The smallest absolute Gasteiger partial charge is 0.262 e. The van der Waals surface area contributed by atoms with E-state index in [0.29, 0.717) is 31.1 Å². The van der Waals surface area contributed by atoms with E-state index in [1.807, 2.05) is 6.07 Å². The minimum absolute atomic E-state index is 0.133.